The van der Waals surface area contributed by atoms with E-state index >= 15 is 0 Å². The van der Waals surface area contributed by atoms with Crippen LogP contribution in [0.4, 0.5) is 0 Å². The van der Waals surface area contributed by atoms with Gasteiger partial charge in [0.05, 0.1) is 0 Å². The van der Waals surface area contributed by atoms with Gasteiger partial charge in [0.25, 0.3) is 0 Å². The third-order valence-corrected chi connectivity index (χ3v) is 2.07. The summed E-state index contributed by atoms with van der Waals surface area (Å²) in [6.07, 6.45) is 2.08. The number of methoxy groups -OCH3 is 1. The molecule has 0 heterocycles. The van der Waals surface area contributed by atoms with Crippen molar-refractivity contribution >= 4 is 5.57 Å². The largest absolute Gasteiger partial charge is 0.468 e. The number of hydrogen-bond acceptors (Lipinski definition) is 2. The Hall–Kier alpha value is -1.28. The predicted octanol–water partition coefficient (Wildman–Crippen LogP) is 3.09. The Kier molecular flexibility index (Phi) is 4.20. The minimum absolute atomic E-state index is 0.290. The maximum absolute atomic E-state index is 5.34. The SMILES string of the molecule is CC=C(C)c1cccc(OCOC)c1. The second-order valence-electron chi connectivity index (χ2n) is 3.05. The lowest BCUT2D eigenvalue weighted by atomic mass is 10.1. The molecular weight excluding hydrogens is 176 g/mol. The zero-order valence-electron chi connectivity index (χ0n) is 8.91. The van der Waals surface area contributed by atoms with Crippen LogP contribution >= 0.6 is 0 Å². The molecule has 0 saturated carbocycles. The zero-order valence-corrected chi connectivity index (χ0v) is 8.91. The quantitative estimate of drug-likeness (QED) is 0.682. The molecule has 76 valence electrons. The molecule has 1 aromatic rings. The number of rotatable bonds is 4. The normalized spacial score (nSPS) is 11.5. The van der Waals surface area contributed by atoms with Crippen molar-refractivity contribution in [1.82, 2.24) is 0 Å². The highest BCUT2D eigenvalue weighted by Gasteiger charge is 1.97. The smallest absolute Gasteiger partial charge is 0.188 e. The van der Waals surface area contributed by atoms with Gasteiger partial charge in [0.2, 0.25) is 0 Å². The lowest BCUT2D eigenvalue weighted by molar-refractivity contribution is 0.0511. The monoisotopic (exact) mass is 192 g/mol. The summed E-state index contributed by atoms with van der Waals surface area (Å²) in [7, 11) is 1.61. The molecule has 0 aliphatic heterocycles. The fraction of sp³-hybridized carbons (Fsp3) is 0.333. The van der Waals surface area contributed by atoms with Crippen LogP contribution in [0.3, 0.4) is 0 Å². The van der Waals surface area contributed by atoms with E-state index in [1.54, 1.807) is 7.11 Å². The van der Waals surface area contributed by atoms with E-state index in [1.807, 2.05) is 25.1 Å². The van der Waals surface area contributed by atoms with Gasteiger partial charge < -0.3 is 9.47 Å². The summed E-state index contributed by atoms with van der Waals surface area (Å²) in [6, 6.07) is 7.97. The fourth-order valence-electron chi connectivity index (χ4n) is 1.12. The van der Waals surface area contributed by atoms with Gasteiger partial charge in [0, 0.05) is 7.11 Å². The van der Waals surface area contributed by atoms with E-state index in [9.17, 15) is 0 Å². The van der Waals surface area contributed by atoms with Crippen molar-refractivity contribution in [3.05, 3.63) is 35.9 Å². The number of ether oxygens (including phenoxy) is 2. The highest BCUT2D eigenvalue weighted by atomic mass is 16.7. The molecule has 0 spiro atoms. The third-order valence-electron chi connectivity index (χ3n) is 2.07. The van der Waals surface area contributed by atoms with E-state index in [-0.39, 0.29) is 0 Å². The summed E-state index contributed by atoms with van der Waals surface area (Å²) in [4.78, 5) is 0. The molecule has 14 heavy (non-hydrogen) atoms. The van der Waals surface area contributed by atoms with Gasteiger partial charge in [0.15, 0.2) is 6.79 Å². The number of allylic oxidation sites excluding steroid dienone is 2. The van der Waals surface area contributed by atoms with Crippen molar-refractivity contribution < 1.29 is 9.47 Å². The zero-order chi connectivity index (χ0) is 10.4. The molecule has 0 unspecified atom stereocenters. The van der Waals surface area contributed by atoms with E-state index in [4.69, 9.17) is 9.47 Å². The Morgan fingerprint density at radius 1 is 1.43 bits per heavy atom. The van der Waals surface area contributed by atoms with E-state index < -0.39 is 0 Å². The lowest BCUT2D eigenvalue weighted by Gasteiger charge is -2.06. The summed E-state index contributed by atoms with van der Waals surface area (Å²) in [5, 5.41) is 0. The van der Waals surface area contributed by atoms with Crippen LogP contribution in [-0.4, -0.2) is 13.9 Å². The molecule has 0 aliphatic carbocycles. The molecule has 2 nitrogen and oxygen atoms in total. The first-order valence-electron chi connectivity index (χ1n) is 4.63. The highest BCUT2D eigenvalue weighted by molar-refractivity contribution is 5.64. The summed E-state index contributed by atoms with van der Waals surface area (Å²) in [5.41, 5.74) is 2.42. The van der Waals surface area contributed by atoms with E-state index in [0.717, 1.165) is 5.75 Å². The molecule has 0 fully saturated rings. The molecule has 0 aromatic heterocycles. The summed E-state index contributed by atoms with van der Waals surface area (Å²) in [6.45, 7) is 4.39. The standard InChI is InChI=1S/C12H16O2/c1-4-10(2)11-6-5-7-12(8-11)14-9-13-3/h4-8H,9H2,1-3H3. The topological polar surface area (TPSA) is 18.5 Å². The molecular formula is C12H16O2. The average molecular weight is 192 g/mol. The van der Waals surface area contributed by atoms with Gasteiger partial charge in [-0.2, -0.15) is 0 Å². The Morgan fingerprint density at radius 3 is 2.86 bits per heavy atom. The molecule has 0 aliphatic rings. The predicted molar refractivity (Wildman–Crippen MR) is 58.3 cm³/mol. The van der Waals surface area contributed by atoms with Crippen LogP contribution in [0.25, 0.3) is 5.57 Å². The van der Waals surface area contributed by atoms with Crippen LogP contribution in [0.2, 0.25) is 0 Å². The van der Waals surface area contributed by atoms with Crippen LogP contribution < -0.4 is 4.74 Å². The molecule has 0 N–H and O–H groups in total. The Morgan fingerprint density at radius 2 is 2.21 bits per heavy atom. The Balaban J connectivity index is 2.79. The van der Waals surface area contributed by atoms with E-state index in [1.165, 1.54) is 11.1 Å². The van der Waals surface area contributed by atoms with Gasteiger partial charge in [-0.25, -0.2) is 0 Å². The van der Waals surface area contributed by atoms with Crippen molar-refractivity contribution in [3.8, 4) is 5.75 Å². The van der Waals surface area contributed by atoms with Gasteiger partial charge in [-0.1, -0.05) is 18.2 Å². The minimum Gasteiger partial charge on any atom is -0.468 e. The second kappa shape index (κ2) is 5.45. The van der Waals surface area contributed by atoms with Gasteiger partial charge >= 0.3 is 0 Å². The fourth-order valence-corrected chi connectivity index (χ4v) is 1.12. The molecule has 0 atom stereocenters. The maximum atomic E-state index is 5.34. The van der Waals surface area contributed by atoms with Gasteiger partial charge in [-0.05, 0) is 37.1 Å². The minimum atomic E-state index is 0.290. The van der Waals surface area contributed by atoms with Gasteiger partial charge in [0.1, 0.15) is 5.75 Å². The van der Waals surface area contributed by atoms with Crippen molar-refractivity contribution in [3.63, 3.8) is 0 Å². The van der Waals surface area contributed by atoms with E-state index in [2.05, 4.69) is 19.1 Å². The maximum Gasteiger partial charge on any atom is 0.188 e. The van der Waals surface area contributed by atoms with Crippen molar-refractivity contribution in [2.24, 2.45) is 0 Å². The third kappa shape index (κ3) is 2.89. The Bertz CT molecular complexity index is 316. The summed E-state index contributed by atoms with van der Waals surface area (Å²) >= 11 is 0. The first kappa shape index (κ1) is 10.8. The van der Waals surface area contributed by atoms with Crippen LogP contribution in [0, 0.1) is 0 Å². The first-order valence-corrected chi connectivity index (χ1v) is 4.63. The second-order valence-corrected chi connectivity index (χ2v) is 3.05. The van der Waals surface area contributed by atoms with Gasteiger partial charge in [-0.3, -0.25) is 0 Å². The highest BCUT2D eigenvalue weighted by Crippen LogP contribution is 2.19. The molecule has 0 bridgehead atoms. The van der Waals surface area contributed by atoms with Crippen LogP contribution in [0.5, 0.6) is 5.75 Å². The molecule has 2 heteroatoms. The van der Waals surface area contributed by atoms with Crippen LogP contribution in [0.1, 0.15) is 19.4 Å². The molecule has 0 radical (unpaired) electrons. The average Bonchev–Trinajstić information content (AvgIpc) is 2.25. The van der Waals surface area contributed by atoms with Crippen LogP contribution in [0.15, 0.2) is 30.3 Å². The summed E-state index contributed by atoms with van der Waals surface area (Å²) in [5.74, 6) is 0.838. The van der Waals surface area contributed by atoms with E-state index in [0.29, 0.717) is 6.79 Å². The lowest BCUT2D eigenvalue weighted by Crippen LogP contribution is -1.98. The first-order chi connectivity index (χ1) is 6.77. The van der Waals surface area contributed by atoms with Gasteiger partial charge in [-0.15, -0.1) is 0 Å². The van der Waals surface area contributed by atoms with Crippen molar-refractivity contribution in [1.29, 1.82) is 0 Å². The van der Waals surface area contributed by atoms with Crippen molar-refractivity contribution in [2.75, 3.05) is 13.9 Å². The van der Waals surface area contributed by atoms with Crippen molar-refractivity contribution in [2.45, 2.75) is 13.8 Å². The Labute approximate surface area is 85.2 Å². The molecule has 0 saturated heterocycles. The molecule has 1 aromatic carbocycles. The molecule has 1 rings (SSSR count). The summed E-state index contributed by atoms with van der Waals surface area (Å²) < 4.78 is 10.2. The van der Waals surface area contributed by atoms with Crippen LogP contribution in [-0.2, 0) is 4.74 Å². The number of hydrogen-bond donors (Lipinski definition) is 0. The number of benzene rings is 1. The molecule has 0 amide bonds.